The van der Waals surface area contributed by atoms with Crippen LogP contribution in [0.25, 0.3) is 6.08 Å². The van der Waals surface area contributed by atoms with Gasteiger partial charge in [-0.05, 0) is 72.9 Å². The maximum Gasteiger partial charge on any atom is 0.333 e. The molecule has 0 radical (unpaired) electrons. The Bertz CT molecular complexity index is 549. The molecule has 0 saturated heterocycles. The molecule has 0 aromatic heterocycles. The van der Waals surface area contributed by atoms with Crippen molar-refractivity contribution < 1.29 is 14.3 Å². The molecule has 20 heavy (non-hydrogen) atoms. The minimum atomic E-state index is -0.445. The number of esters is 1. The number of halogens is 4. The van der Waals surface area contributed by atoms with Crippen molar-refractivity contribution in [2.24, 2.45) is 0 Å². The van der Waals surface area contributed by atoms with Crippen LogP contribution in [-0.4, -0.2) is 12.6 Å². The van der Waals surface area contributed by atoms with Crippen LogP contribution in [-0.2, 0) is 9.53 Å². The summed E-state index contributed by atoms with van der Waals surface area (Å²) in [4.78, 5) is 11.2. The first-order valence-corrected chi connectivity index (χ1v) is 8.63. The Morgan fingerprint density at radius 1 is 1.30 bits per heavy atom. The van der Waals surface area contributed by atoms with Gasteiger partial charge >= 0.3 is 5.97 Å². The minimum absolute atomic E-state index is 0.329. The molecule has 0 fully saturated rings. The van der Waals surface area contributed by atoms with Crippen LogP contribution in [0, 0.1) is 0 Å². The zero-order chi connectivity index (χ0) is 15.1. The zero-order valence-corrected chi connectivity index (χ0v) is 16.7. The highest BCUT2D eigenvalue weighted by atomic mass is 79.9. The Morgan fingerprint density at radius 3 is 2.60 bits per heavy atom. The average molecular weight is 534 g/mol. The summed E-state index contributed by atoms with van der Waals surface area (Å²) < 4.78 is 12.7. The van der Waals surface area contributed by atoms with E-state index in [9.17, 15) is 4.79 Å². The Hall–Kier alpha value is -0.110. The van der Waals surface area contributed by atoms with Gasteiger partial charge in [0.25, 0.3) is 0 Å². The molecular weight excluding hydrogens is 524 g/mol. The predicted molar refractivity (Wildman–Crippen MR) is 94.1 cm³/mol. The van der Waals surface area contributed by atoms with Crippen LogP contribution in [0.3, 0.4) is 0 Å². The van der Waals surface area contributed by atoms with Gasteiger partial charge in [0.15, 0.2) is 0 Å². The third-order valence-electron chi connectivity index (χ3n) is 1.98. The molecule has 0 N–H and O–H groups in total. The molecule has 108 valence electrons. The number of carbonyl (C=O) groups is 1. The van der Waals surface area contributed by atoms with Crippen LogP contribution in [0.2, 0.25) is 0 Å². The van der Waals surface area contributed by atoms with Gasteiger partial charge in [0.05, 0.1) is 26.8 Å². The van der Waals surface area contributed by atoms with Gasteiger partial charge in [0.1, 0.15) is 5.75 Å². The summed E-state index contributed by atoms with van der Waals surface area (Å²) in [7, 11) is 0. The van der Waals surface area contributed by atoms with E-state index in [2.05, 4.69) is 63.7 Å². The Kier molecular flexibility index (Phi) is 8.09. The fourth-order valence-electron chi connectivity index (χ4n) is 1.28. The number of carbonyl (C=O) groups excluding carboxylic acids is 1. The summed E-state index contributed by atoms with van der Waals surface area (Å²) in [5.41, 5.74) is 0.823. The smallest absolute Gasteiger partial charge is 0.333 e. The van der Waals surface area contributed by atoms with Crippen molar-refractivity contribution in [3.8, 4) is 5.75 Å². The molecule has 0 unspecified atom stereocenters. The van der Waals surface area contributed by atoms with E-state index in [4.69, 9.17) is 9.47 Å². The molecule has 1 aromatic rings. The first-order valence-electron chi connectivity index (χ1n) is 5.45. The molecule has 1 rings (SSSR count). The maximum atomic E-state index is 11.2. The summed E-state index contributed by atoms with van der Waals surface area (Å²) >= 11 is 13.4. The summed E-state index contributed by atoms with van der Waals surface area (Å²) in [6.07, 6.45) is 4.36. The van der Waals surface area contributed by atoms with E-state index in [1.165, 1.54) is 12.3 Å². The number of hydrogen-bond acceptors (Lipinski definition) is 3. The number of hydrogen-bond donors (Lipinski definition) is 0. The van der Waals surface area contributed by atoms with Gasteiger partial charge in [0, 0.05) is 10.0 Å². The summed E-state index contributed by atoms with van der Waals surface area (Å²) in [5, 5.41) is 0. The highest BCUT2D eigenvalue weighted by Gasteiger charge is 2.08. The van der Waals surface area contributed by atoms with Crippen LogP contribution >= 0.6 is 63.7 Å². The summed E-state index contributed by atoms with van der Waals surface area (Å²) in [6, 6.07) is 3.74. The van der Waals surface area contributed by atoms with Crippen molar-refractivity contribution in [1.29, 1.82) is 0 Å². The van der Waals surface area contributed by atoms with Crippen LogP contribution < -0.4 is 4.74 Å². The third kappa shape index (κ3) is 6.11. The second kappa shape index (κ2) is 9.02. The molecule has 0 spiro atoms. The van der Waals surface area contributed by atoms with Crippen molar-refractivity contribution in [2.45, 2.75) is 6.92 Å². The molecular formula is C13H10Br4O3. The fourth-order valence-corrected chi connectivity index (χ4v) is 3.12. The maximum absolute atomic E-state index is 11.2. The highest BCUT2D eigenvalue weighted by molar-refractivity contribution is 9.28. The lowest BCUT2D eigenvalue weighted by Crippen LogP contribution is -2.00. The lowest BCUT2D eigenvalue weighted by Gasteiger charge is -2.09. The molecule has 0 aliphatic heterocycles. The molecule has 0 bridgehead atoms. The van der Waals surface area contributed by atoms with Gasteiger partial charge in [-0.1, -0.05) is 15.9 Å². The topological polar surface area (TPSA) is 35.5 Å². The molecule has 0 amide bonds. The second-order valence-corrected chi connectivity index (χ2v) is 7.96. The summed E-state index contributed by atoms with van der Waals surface area (Å²) in [6.45, 7) is 2.07. The van der Waals surface area contributed by atoms with Crippen molar-refractivity contribution in [3.05, 3.63) is 42.4 Å². The first-order chi connectivity index (χ1) is 9.43. The predicted octanol–water partition coefficient (Wildman–Crippen LogP) is 5.76. The lowest BCUT2D eigenvalue weighted by atomic mass is 10.2. The standard InChI is InChI=1S/C13H10Br4O3/c1-2-19-12(18)3-4-20-13-8(6-11(16)17)5-9(14)7-10(13)15/h3-7H,2H2,1H3/b4-3+. The third-order valence-corrected chi connectivity index (χ3v) is 3.48. The Labute approximate surface area is 150 Å². The lowest BCUT2D eigenvalue weighted by molar-refractivity contribution is -0.137. The normalized spacial score (nSPS) is 10.4. The molecule has 0 heterocycles. The molecule has 0 aliphatic rings. The fraction of sp³-hybridized carbons (Fsp3) is 0.154. The van der Waals surface area contributed by atoms with E-state index in [0.29, 0.717) is 12.4 Å². The largest absolute Gasteiger partial charge is 0.463 e. The van der Waals surface area contributed by atoms with Crippen LogP contribution in [0.15, 0.2) is 36.8 Å². The second-order valence-electron chi connectivity index (χ2n) is 3.41. The van der Waals surface area contributed by atoms with Crippen LogP contribution in [0.1, 0.15) is 12.5 Å². The molecule has 7 heteroatoms. The van der Waals surface area contributed by atoms with E-state index in [0.717, 1.165) is 17.9 Å². The number of ether oxygens (including phenoxy) is 2. The van der Waals surface area contributed by atoms with Gasteiger partial charge in [-0.3, -0.25) is 0 Å². The monoisotopic (exact) mass is 530 g/mol. The van der Waals surface area contributed by atoms with Gasteiger partial charge in [-0.15, -0.1) is 0 Å². The Balaban J connectivity index is 2.99. The average Bonchev–Trinajstić information content (AvgIpc) is 2.32. The van der Waals surface area contributed by atoms with Crippen molar-refractivity contribution >= 4 is 75.8 Å². The van der Waals surface area contributed by atoms with E-state index in [1.54, 1.807) is 6.92 Å². The van der Waals surface area contributed by atoms with Gasteiger partial charge < -0.3 is 9.47 Å². The zero-order valence-electron chi connectivity index (χ0n) is 10.3. The van der Waals surface area contributed by atoms with Crippen LogP contribution in [0.4, 0.5) is 0 Å². The van der Waals surface area contributed by atoms with Crippen LogP contribution in [0.5, 0.6) is 5.75 Å². The van der Waals surface area contributed by atoms with E-state index in [1.807, 2.05) is 18.2 Å². The SMILES string of the molecule is CCOC(=O)/C=C/Oc1c(Br)cc(Br)cc1C=C(Br)Br. The van der Waals surface area contributed by atoms with Gasteiger partial charge in [-0.25, -0.2) is 4.79 Å². The molecule has 0 saturated carbocycles. The molecule has 1 aromatic carbocycles. The molecule has 3 nitrogen and oxygen atoms in total. The van der Waals surface area contributed by atoms with Gasteiger partial charge in [0.2, 0.25) is 0 Å². The Morgan fingerprint density at radius 2 is 2.00 bits per heavy atom. The number of benzene rings is 1. The van der Waals surface area contributed by atoms with Gasteiger partial charge in [-0.2, -0.15) is 0 Å². The van der Waals surface area contributed by atoms with E-state index in [-0.39, 0.29) is 0 Å². The van der Waals surface area contributed by atoms with E-state index < -0.39 is 5.97 Å². The van der Waals surface area contributed by atoms with Crippen molar-refractivity contribution in [1.82, 2.24) is 0 Å². The van der Waals surface area contributed by atoms with E-state index >= 15 is 0 Å². The number of rotatable bonds is 5. The minimum Gasteiger partial charge on any atom is -0.463 e. The van der Waals surface area contributed by atoms with Crippen molar-refractivity contribution in [2.75, 3.05) is 6.61 Å². The molecule has 0 aliphatic carbocycles. The summed E-state index contributed by atoms with van der Waals surface area (Å²) in [5.74, 6) is 0.143. The van der Waals surface area contributed by atoms with Crippen molar-refractivity contribution in [3.63, 3.8) is 0 Å². The highest BCUT2D eigenvalue weighted by Crippen LogP contribution is 2.35. The first kappa shape index (κ1) is 17.9. The molecule has 0 atom stereocenters. The quantitative estimate of drug-likeness (QED) is 0.274.